The Morgan fingerprint density at radius 1 is 1.05 bits per heavy atom. The number of halogens is 1. The van der Waals surface area contributed by atoms with Gasteiger partial charge in [-0.25, -0.2) is 9.18 Å². The number of carbonyl (C=O) groups is 1. The molecule has 3 aromatic rings. The summed E-state index contributed by atoms with van der Waals surface area (Å²) in [6.45, 7) is 15.0. The molecule has 1 saturated heterocycles. The summed E-state index contributed by atoms with van der Waals surface area (Å²) >= 11 is 0. The fourth-order valence-corrected chi connectivity index (χ4v) is 5.04. The van der Waals surface area contributed by atoms with Crippen LogP contribution in [-0.2, 0) is 4.74 Å². The quantitative estimate of drug-likeness (QED) is 0.291. The van der Waals surface area contributed by atoms with Gasteiger partial charge in [-0.2, -0.15) is 0 Å². The van der Waals surface area contributed by atoms with Crippen molar-refractivity contribution in [1.82, 2.24) is 4.90 Å². The van der Waals surface area contributed by atoms with Crippen molar-refractivity contribution >= 4 is 5.97 Å². The molecule has 6 heteroatoms. The number of β-amino-alcohol motifs (C(OH)–C–C–N with tert-alkyl or cyclic N) is 1. The predicted octanol–water partition coefficient (Wildman–Crippen LogP) is 7.40. The zero-order chi connectivity index (χ0) is 29.4. The van der Waals surface area contributed by atoms with E-state index in [0.29, 0.717) is 23.9 Å². The Labute approximate surface area is 238 Å². The van der Waals surface area contributed by atoms with Crippen LogP contribution in [0.15, 0.2) is 60.7 Å². The fourth-order valence-electron chi connectivity index (χ4n) is 5.04. The van der Waals surface area contributed by atoms with Crippen LogP contribution in [0.2, 0.25) is 0 Å². The Bertz CT molecular complexity index is 1270. The maximum Gasteiger partial charge on any atom is 0.335 e. The Morgan fingerprint density at radius 2 is 1.77 bits per heavy atom. The largest absolute Gasteiger partial charge is 0.478 e. The normalized spacial score (nSPS) is 16.9. The number of carboxylic acid groups (broad SMARTS) is 1. The van der Waals surface area contributed by atoms with Crippen LogP contribution in [0.5, 0.6) is 0 Å². The number of aryl methyl sites for hydroxylation is 2. The van der Waals surface area contributed by atoms with Crippen molar-refractivity contribution in [1.29, 1.82) is 0 Å². The zero-order valence-electron chi connectivity index (χ0n) is 24.7. The van der Waals surface area contributed by atoms with E-state index in [4.69, 9.17) is 4.74 Å². The van der Waals surface area contributed by atoms with Crippen molar-refractivity contribution in [2.75, 3.05) is 26.2 Å². The molecule has 1 aliphatic rings. The van der Waals surface area contributed by atoms with Crippen molar-refractivity contribution < 1.29 is 24.1 Å². The molecule has 0 aromatic heterocycles. The molecular formula is C34H44FNO4. The lowest BCUT2D eigenvalue weighted by molar-refractivity contribution is -0.0134. The molecule has 0 aliphatic carbocycles. The van der Waals surface area contributed by atoms with Gasteiger partial charge in [-0.3, -0.25) is 0 Å². The molecule has 3 aromatic carbocycles. The topological polar surface area (TPSA) is 70.0 Å². The minimum Gasteiger partial charge on any atom is -0.478 e. The maximum atomic E-state index is 12.9. The summed E-state index contributed by atoms with van der Waals surface area (Å²) in [6, 6.07) is 18.8. The molecular weight excluding hydrogens is 505 g/mol. The van der Waals surface area contributed by atoms with E-state index >= 15 is 0 Å². The number of hydrogen-bond acceptors (Lipinski definition) is 4. The van der Waals surface area contributed by atoms with Gasteiger partial charge in [-0.1, -0.05) is 69.3 Å². The third-order valence-electron chi connectivity index (χ3n) is 7.54. The average Bonchev–Trinajstić information content (AvgIpc) is 3.33. The number of ether oxygens (including phenoxy) is 1. The van der Waals surface area contributed by atoms with E-state index in [1.54, 1.807) is 19.1 Å². The number of rotatable bonds is 9. The third kappa shape index (κ3) is 8.72. The number of nitrogens with zero attached hydrogens (tertiary/aromatic N) is 1. The summed E-state index contributed by atoms with van der Waals surface area (Å²) in [7, 11) is 0. The van der Waals surface area contributed by atoms with Gasteiger partial charge in [-0.05, 0) is 91.1 Å². The molecule has 0 bridgehead atoms. The Kier molecular flexibility index (Phi) is 11.4. The van der Waals surface area contributed by atoms with Gasteiger partial charge in [0.25, 0.3) is 0 Å². The first-order valence-corrected chi connectivity index (χ1v) is 14.2. The zero-order valence-corrected chi connectivity index (χ0v) is 24.7. The lowest BCUT2D eigenvalue weighted by Crippen LogP contribution is -2.33. The van der Waals surface area contributed by atoms with Gasteiger partial charge in [0, 0.05) is 13.1 Å². The highest BCUT2D eigenvalue weighted by Gasteiger charge is 2.22. The maximum absolute atomic E-state index is 12.9. The van der Waals surface area contributed by atoms with Gasteiger partial charge in [0.2, 0.25) is 0 Å². The summed E-state index contributed by atoms with van der Waals surface area (Å²) in [5, 5.41) is 19.6. The predicted molar refractivity (Wildman–Crippen MR) is 159 cm³/mol. The van der Waals surface area contributed by atoms with E-state index in [2.05, 4.69) is 25.7 Å². The van der Waals surface area contributed by atoms with Crippen LogP contribution < -0.4 is 0 Å². The first-order chi connectivity index (χ1) is 19.0. The molecule has 1 fully saturated rings. The third-order valence-corrected chi connectivity index (χ3v) is 7.54. The van der Waals surface area contributed by atoms with E-state index in [1.165, 1.54) is 6.42 Å². The Hall–Kier alpha value is -3.06. The van der Waals surface area contributed by atoms with E-state index in [1.807, 2.05) is 62.4 Å². The molecule has 0 saturated carbocycles. The highest BCUT2D eigenvalue weighted by Crippen LogP contribution is 2.31. The number of carboxylic acids is 1. The monoisotopic (exact) mass is 549 g/mol. The second-order valence-corrected chi connectivity index (χ2v) is 11.4. The molecule has 4 rings (SSSR count). The lowest BCUT2D eigenvalue weighted by Gasteiger charge is -2.23. The summed E-state index contributed by atoms with van der Waals surface area (Å²) < 4.78 is 19.0. The van der Waals surface area contributed by atoms with Crippen LogP contribution >= 0.6 is 0 Å². The molecule has 1 heterocycles. The first-order valence-electron chi connectivity index (χ1n) is 14.2. The minimum atomic E-state index is -0.916. The Balaban J connectivity index is 0.000000336. The Morgan fingerprint density at radius 3 is 2.38 bits per heavy atom. The second kappa shape index (κ2) is 14.5. The van der Waals surface area contributed by atoms with Gasteiger partial charge in [0.05, 0.1) is 24.4 Å². The second-order valence-electron chi connectivity index (χ2n) is 11.4. The molecule has 2 N–H and O–H groups in total. The number of hydrogen-bond donors (Lipinski definition) is 2. The number of aliphatic hydroxyl groups is 1. The van der Waals surface area contributed by atoms with Crippen molar-refractivity contribution in [3.63, 3.8) is 0 Å². The molecule has 0 radical (unpaired) electrons. The van der Waals surface area contributed by atoms with Crippen LogP contribution in [0.25, 0.3) is 11.1 Å². The van der Waals surface area contributed by atoms with Crippen molar-refractivity contribution in [3.8, 4) is 11.1 Å². The molecule has 3 unspecified atom stereocenters. The van der Waals surface area contributed by atoms with Gasteiger partial charge in [0.15, 0.2) is 0 Å². The summed E-state index contributed by atoms with van der Waals surface area (Å²) in [6.07, 6.45) is 0.502. The summed E-state index contributed by atoms with van der Waals surface area (Å²) in [4.78, 5) is 13.6. The lowest BCUT2D eigenvalue weighted by atomic mass is 9.94. The highest BCUT2D eigenvalue weighted by atomic mass is 19.1. The van der Waals surface area contributed by atoms with Gasteiger partial charge < -0.3 is 19.8 Å². The van der Waals surface area contributed by atoms with Crippen molar-refractivity contribution in [2.45, 2.75) is 66.1 Å². The number of aromatic carboxylic acids is 1. The van der Waals surface area contributed by atoms with E-state index in [9.17, 15) is 19.4 Å². The SMILES string of the molecule is Cc1cc(-c2ccccc2C(C)OCC(O)CN2CCC(C)C2)ccc1C(=O)O.Cc1ccc(C(C)C)cc1F. The molecule has 5 nitrogen and oxygen atoms in total. The fraction of sp³-hybridized carbons (Fsp3) is 0.441. The smallest absolute Gasteiger partial charge is 0.335 e. The van der Waals surface area contributed by atoms with Crippen molar-refractivity contribution in [3.05, 3.63) is 94.3 Å². The summed E-state index contributed by atoms with van der Waals surface area (Å²) in [5.74, 6) is 0.0895. The summed E-state index contributed by atoms with van der Waals surface area (Å²) in [5.41, 5.74) is 5.83. The molecule has 3 atom stereocenters. The first kappa shape index (κ1) is 31.5. The average molecular weight is 550 g/mol. The molecule has 216 valence electrons. The van der Waals surface area contributed by atoms with Crippen LogP contribution in [0.4, 0.5) is 4.39 Å². The minimum absolute atomic E-state index is 0.101. The van der Waals surface area contributed by atoms with Crippen LogP contribution in [0, 0.1) is 25.6 Å². The van der Waals surface area contributed by atoms with Crippen LogP contribution in [-0.4, -0.2) is 53.4 Å². The number of likely N-dealkylation sites (tertiary alicyclic amines) is 1. The van der Waals surface area contributed by atoms with Gasteiger partial charge >= 0.3 is 5.97 Å². The van der Waals surface area contributed by atoms with E-state index in [0.717, 1.165) is 46.5 Å². The van der Waals surface area contributed by atoms with Gasteiger partial charge in [0.1, 0.15) is 5.82 Å². The number of benzene rings is 3. The van der Waals surface area contributed by atoms with Crippen LogP contribution in [0.3, 0.4) is 0 Å². The van der Waals surface area contributed by atoms with E-state index in [-0.39, 0.29) is 18.5 Å². The van der Waals surface area contributed by atoms with Crippen molar-refractivity contribution in [2.24, 2.45) is 5.92 Å². The molecule has 1 aliphatic heterocycles. The standard InChI is InChI=1S/C24H31NO4.C10H13F/c1-16-10-11-25(13-16)14-20(26)15-29-18(3)22-6-4-5-7-23(22)19-8-9-21(24(27)28)17(2)12-19;1-7(2)9-5-4-8(3)10(11)6-9/h4-9,12,16,18,20,26H,10-11,13-15H2,1-3H3,(H,27,28);4-7H,1-3H3. The molecule has 0 amide bonds. The molecule has 0 spiro atoms. The highest BCUT2D eigenvalue weighted by molar-refractivity contribution is 5.90. The van der Waals surface area contributed by atoms with E-state index < -0.39 is 12.1 Å². The molecule has 40 heavy (non-hydrogen) atoms. The number of aliphatic hydroxyl groups excluding tert-OH is 1. The van der Waals surface area contributed by atoms with Crippen LogP contribution in [0.1, 0.15) is 78.7 Å². The van der Waals surface area contributed by atoms with Gasteiger partial charge in [-0.15, -0.1) is 0 Å².